The highest BCUT2D eigenvalue weighted by Crippen LogP contribution is 2.19. The Kier molecular flexibility index (Phi) is 68.4. The number of carbonyl (C=O) groups is 2. The zero-order valence-corrected chi connectivity index (χ0v) is 54.3. The number of hydrogen-bond acceptors (Lipinski definition) is 5. The number of rotatable bonds is 69. The number of esters is 1. The summed E-state index contributed by atoms with van der Waals surface area (Å²) in [6, 6.07) is -0.536. The van der Waals surface area contributed by atoms with E-state index in [1.54, 1.807) is 0 Å². The number of carbonyl (C=O) groups excluding carboxylic acids is 2. The minimum Gasteiger partial charge on any atom is -0.466 e. The maximum Gasteiger partial charge on any atom is 0.305 e. The zero-order chi connectivity index (χ0) is 57.8. The van der Waals surface area contributed by atoms with Gasteiger partial charge in [-0.05, 0) is 77.0 Å². The predicted molar refractivity (Wildman–Crippen MR) is 352 cm³/mol. The zero-order valence-electron chi connectivity index (χ0n) is 54.3. The molecule has 0 fully saturated rings. The number of hydrogen-bond donors (Lipinski definition) is 3. The van der Waals surface area contributed by atoms with Crippen LogP contribution in [0.4, 0.5) is 0 Å². The number of aliphatic hydroxyl groups excluding tert-OH is 2. The lowest BCUT2D eigenvalue weighted by atomic mass is 10.0. The molecule has 0 aliphatic rings. The molecule has 0 saturated carbocycles. The second-order valence-corrected chi connectivity index (χ2v) is 25.3. The van der Waals surface area contributed by atoms with Crippen molar-refractivity contribution < 1.29 is 24.5 Å². The lowest BCUT2D eigenvalue weighted by Gasteiger charge is -2.22. The van der Waals surface area contributed by atoms with E-state index in [9.17, 15) is 19.8 Å². The molecule has 0 aromatic carbocycles. The second-order valence-electron chi connectivity index (χ2n) is 25.3. The first-order valence-corrected chi connectivity index (χ1v) is 36.6. The third kappa shape index (κ3) is 65.5. The molecular weight excluding hydrogens is 983 g/mol. The monoisotopic (exact) mass is 1130 g/mol. The molecule has 2 atom stereocenters. The van der Waals surface area contributed by atoms with Crippen LogP contribution in [0.1, 0.15) is 412 Å². The van der Waals surface area contributed by atoms with E-state index in [1.807, 2.05) is 0 Å². The first-order valence-electron chi connectivity index (χ1n) is 36.6. The van der Waals surface area contributed by atoms with E-state index in [4.69, 9.17) is 4.74 Å². The van der Waals surface area contributed by atoms with Gasteiger partial charge >= 0.3 is 5.97 Å². The Labute approximate surface area is 501 Å². The second kappa shape index (κ2) is 69.8. The summed E-state index contributed by atoms with van der Waals surface area (Å²) in [4.78, 5) is 24.5. The Morgan fingerprint density at radius 1 is 0.338 bits per heavy atom. The number of nitrogens with one attached hydrogen (secondary N) is 1. The van der Waals surface area contributed by atoms with Gasteiger partial charge in [-0.2, -0.15) is 0 Å². The van der Waals surface area contributed by atoms with Crippen molar-refractivity contribution in [3.8, 4) is 0 Å². The highest BCUT2D eigenvalue weighted by molar-refractivity contribution is 5.76. The van der Waals surface area contributed by atoms with Crippen LogP contribution in [0.5, 0.6) is 0 Å². The van der Waals surface area contributed by atoms with Gasteiger partial charge in [-0.3, -0.25) is 9.59 Å². The Bertz CT molecular complexity index is 1250. The largest absolute Gasteiger partial charge is 0.466 e. The van der Waals surface area contributed by atoms with E-state index < -0.39 is 12.1 Å². The van der Waals surface area contributed by atoms with E-state index in [0.717, 1.165) is 44.9 Å². The van der Waals surface area contributed by atoms with Crippen molar-refractivity contribution in [1.82, 2.24) is 5.32 Å². The molecule has 2 unspecified atom stereocenters. The van der Waals surface area contributed by atoms with Gasteiger partial charge in [0.15, 0.2) is 0 Å². The van der Waals surface area contributed by atoms with Gasteiger partial charge < -0.3 is 20.3 Å². The predicted octanol–water partition coefficient (Wildman–Crippen LogP) is 23.7. The molecule has 80 heavy (non-hydrogen) atoms. The fourth-order valence-electron chi connectivity index (χ4n) is 11.6. The third-order valence-corrected chi connectivity index (χ3v) is 17.2. The molecule has 1 amide bonds. The van der Waals surface area contributed by atoms with E-state index in [0.29, 0.717) is 25.9 Å². The normalized spacial score (nSPS) is 12.6. The summed E-state index contributed by atoms with van der Waals surface area (Å²) in [6.45, 7) is 4.96. The van der Waals surface area contributed by atoms with E-state index >= 15 is 0 Å². The lowest BCUT2D eigenvalue weighted by Crippen LogP contribution is -2.45. The van der Waals surface area contributed by atoms with Crippen molar-refractivity contribution in [2.24, 2.45) is 0 Å². The van der Waals surface area contributed by atoms with Crippen LogP contribution in [-0.4, -0.2) is 47.4 Å². The van der Waals surface area contributed by atoms with Crippen molar-refractivity contribution in [2.45, 2.75) is 424 Å². The van der Waals surface area contributed by atoms with Gasteiger partial charge in [-0.1, -0.05) is 346 Å². The summed E-state index contributed by atoms with van der Waals surface area (Å²) in [6.07, 6.45) is 88.4. The molecule has 0 aliphatic heterocycles. The minimum absolute atomic E-state index is 0.0136. The SMILES string of the molecule is CCCCCC/C=C\CCCCCCCC(=O)OCCCCCCCCCCCCCCCCCCCC/C=C\CCCCCCCCCCCCCCCCCCCC(=O)NC(CO)C(O)CCCCCCCCCCCCC. The summed E-state index contributed by atoms with van der Waals surface area (Å²) < 4.78 is 5.48. The van der Waals surface area contributed by atoms with Crippen LogP contribution in [0.3, 0.4) is 0 Å². The van der Waals surface area contributed by atoms with Crippen LogP contribution in [0.25, 0.3) is 0 Å². The molecule has 0 spiro atoms. The van der Waals surface area contributed by atoms with Crippen LogP contribution in [0.2, 0.25) is 0 Å². The van der Waals surface area contributed by atoms with Gasteiger partial charge in [0.2, 0.25) is 5.91 Å². The lowest BCUT2D eigenvalue weighted by molar-refractivity contribution is -0.143. The van der Waals surface area contributed by atoms with E-state index in [2.05, 4.69) is 43.5 Å². The number of aliphatic hydroxyl groups is 2. The fourth-order valence-corrected chi connectivity index (χ4v) is 11.6. The van der Waals surface area contributed by atoms with Crippen LogP contribution in [0.15, 0.2) is 24.3 Å². The molecule has 6 nitrogen and oxygen atoms in total. The quantitative estimate of drug-likeness (QED) is 0.0320. The third-order valence-electron chi connectivity index (χ3n) is 17.2. The molecule has 0 radical (unpaired) electrons. The van der Waals surface area contributed by atoms with Crippen LogP contribution in [-0.2, 0) is 14.3 Å². The maximum absolute atomic E-state index is 12.5. The van der Waals surface area contributed by atoms with Crippen molar-refractivity contribution >= 4 is 11.9 Å². The van der Waals surface area contributed by atoms with E-state index in [1.165, 1.54) is 334 Å². The van der Waals surface area contributed by atoms with E-state index in [-0.39, 0.29) is 18.5 Å². The molecule has 0 saturated heterocycles. The average Bonchev–Trinajstić information content (AvgIpc) is 3.46. The van der Waals surface area contributed by atoms with Crippen LogP contribution < -0.4 is 5.32 Å². The highest BCUT2D eigenvalue weighted by Gasteiger charge is 2.20. The fraction of sp³-hybridized carbons (Fsp3) is 0.919. The van der Waals surface area contributed by atoms with Crippen LogP contribution >= 0.6 is 0 Å². The molecule has 3 N–H and O–H groups in total. The number of amides is 1. The molecule has 0 aromatic heterocycles. The van der Waals surface area contributed by atoms with Crippen molar-refractivity contribution in [2.75, 3.05) is 13.2 Å². The Morgan fingerprint density at radius 2 is 0.588 bits per heavy atom. The minimum atomic E-state index is -0.659. The number of ether oxygens (including phenoxy) is 1. The van der Waals surface area contributed by atoms with Gasteiger partial charge in [-0.25, -0.2) is 0 Å². The van der Waals surface area contributed by atoms with Gasteiger partial charge in [-0.15, -0.1) is 0 Å². The highest BCUT2D eigenvalue weighted by atomic mass is 16.5. The Morgan fingerprint density at radius 3 is 0.900 bits per heavy atom. The van der Waals surface area contributed by atoms with Crippen molar-refractivity contribution in [3.05, 3.63) is 24.3 Å². The Balaban J connectivity index is 3.30. The standard InChI is InChI=1S/C74H143NO5/c1-3-5-7-9-11-13-15-43-48-52-56-60-64-68-74(79)80-69-65-61-57-53-49-45-42-40-38-36-34-32-30-28-26-24-22-20-18-16-17-19-21-23-25-27-29-31-33-35-37-39-41-44-47-51-55-59-63-67-73(78)75-71(70-76)72(77)66-62-58-54-50-46-14-12-10-8-6-4-2/h13,15-17,71-72,76-77H,3-12,14,18-70H2,1-2H3,(H,75,78)/b15-13-,17-16-. The van der Waals surface area contributed by atoms with Gasteiger partial charge in [0.1, 0.15) is 0 Å². The number of allylic oxidation sites excluding steroid dienone is 4. The smallest absolute Gasteiger partial charge is 0.305 e. The van der Waals surface area contributed by atoms with Gasteiger partial charge in [0, 0.05) is 12.8 Å². The van der Waals surface area contributed by atoms with Gasteiger partial charge in [0.25, 0.3) is 0 Å². The summed E-state index contributed by atoms with van der Waals surface area (Å²) in [7, 11) is 0. The first-order chi connectivity index (χ1) is 39.5. The maximum atomic E-state index is 12.5. The van der Waals surface area contributed by atoms with Crippen molar-refractivity contribution in [1.29, 1.82) is 0 Å². The van der Waals surface area contributed by atoms with Crippen molar-refractivity contribution in [3.63, 3.8) is 0 Å². The Hall–Kier alpha value is -1.66. The summed E-state index contributed by atoms with van der Waals surface area (Å²) in [5.41, 5.74) is 0. The summed E-state index contributed by atoms with van der Waals surface area (Å²) in [5.74, 6) is -0.0159. The number of unbranched alkanes of at least 4 members (excludes halogenated alkanes) is 54. The molecule has 0 aromatic rings. The molecule has 0 bridgehead atoms. The summed E-state index contributed by atoms with van der Waals surface area (Å²) in [5, 5.41) is 23.2. The molecule has 6 heteroatoms. The molecule has 474 valence electrons. The van der Waals surface area contributed by atoms with Gasteiger partial charge in [0.05, 0.1) is 25.4 Å². The topological polar surface area (TPSA) is 95.9 Å². The molecular formula is C74H143NO5. The summed E-state index contributed by atoms with van der Waals surface area (Å²) >= 11 is 0. The molecule has 0 heterocycles. The molecule has 0 rings (SSSR count). The first kappa shape index (κ1) is 78.3. The van der Waals surface area contributed by atoms with Crippen LogP contribution in [0, 0.1) is 0 Å². The molecule has 0 aliphatic carbocycles. The average molecular weight is 1130 g/mol.